The summed E-state index contributed by atoms with van der Waals surface area (Å²) in [6, 6.07) is 4.91. The molecular weight excluding hydrogens is 258 g/mol. The van der Waals surface area contributed by atoms with E-state index in [1.165, 1.54) is 19.3 Å². The molecule has 1 saturated heterocycles. The molecule has 2 aromatic rings. The number of hydrogen-bond acceptors (Lipinski definition) is 2. The molecule has 1 aliphatic heterocycles. The highest BCUT2D eigenvalue weighted by molar-refractivity contribution is 6.30. The van der Waals surface area contributed by atoms with Crippen molar-refractivity contribution in [1.82, 2.24) is 14.3 Å². The predicted octanol–water partition coefficient (Wildman–Crippen LogP) is 3.92. The van der Waals surface area contributed by atoms with Crippen LogP contribution in [0.15, 0.2) is 24.5 Å². The highest BCUT2D eigenvalue weighted by Gasteiger charge is 2.28. The Morgan fingerprint density at radius 2 is 2.16 bits per heavy atom. The number of halogens is 1. The topological polar surface area (TPSA) is 20.5 Å². The molecule has 0 radical (unpaired) electrons. The number of aromatic nitrogens is 2. The Hall–Kier alpha value is -1.06. The van der Waals surface area contributed by atoms with Gasteiger partial charge in [0.2, 0.25) is 0 Å². The number of nitrogens with zero attached hydrogens (tertiary/aromatic N) is 3. The Bertz CT molecular complexity index is 576. The van der Waals surface area contributed by atoms with Gasteiger partial charge >= 0.3 is 0 Å². The molecule has 1 atom stereocenters. The molecule has 3 rings (SSSR count). The van der Waals surface area contributed by atoms with Crippen molar-refractivity contribution in [3.63, 3.8) is 0 Å². The summed E-state index contributed by atoms with van der Waals surface area (Å²) in [7, 11) is 0. The average Bonchev–Trinajstić information content (AvgIpc) is 2.81. The summed E-state index contributed by atoms with van der Waals surface area (Å²) in [5, 5.41) is 0.763. The largest absolute Gasteiger partial charge is 0.301 e. The normalized spacial score (nSPS) is 21.4. The minimum Gasteiger partial charge on any atom is -0.301 e. The second-order valence-electron chi connectivity index (χ2n) is 5.60. The molecule has 3 heterocycles. The first-order chi connectivity index (χ1) is 9.16. The lowest BCUT2D eigenvalue weighted by Crippen LogP contribution is -2.39. The van der Waals surface area contributed by atoms with Gasteiger partial charge in [-0.25, -0.2) is 4.98 Å². The van der Waals surface area contributed by atoms with Crippen molar-refractivity contribution in [2.45, 2.75) is 45.2 Å². The smallest absolute Gasteiger partial charge is 0.130 e. The Balaban J connectivity index is 2.04. The fourth-order valence-electron chi connectivity index (χ4n) is 3.08. The molecule has 0 amide bonds. The molecule has 1 unspecified atom stereocenters. The molecular formula is C15H20ClN3. The second kappa shape index (κ2) is 5.14. The van der Waals surface area contributed by atoms with Crippen LogP contribution in [0.4, 0.5) is 0 Å². The van der Waals surface area contributed by atoms with Crippen molar-refractivity contribution in [3.05, 3.63) is 35.4 Å². The highest BCUT2D eigenvalue weighted by Crippen LogP contribution is 2.32. The van der Waals surface area contributed by atoms with E-state index in [2.05, 4.69) is 28.1 Å². The Morgan fingerprint density at radius 1 is 1.32 bits per heavy atom. The van der Waals surface area contributed by atoms with E-state index in [4.69, 9.17) is 11.6 Å². The molecule has 2 aromatic heterocycles. The van der Waals surface area contributed by atoms with Gasteiger partial charge in [0.1, 0.15) is 5.82 Å². The minimum absolute atomic E-state index is 0.412. The number of likely N-dealkylation sites (tertiary alicyclic amines) is 1. The monoisotopic (exact) mass is 277 g/mol. The quantitative estimate of drug-likeness (QED) is 0.829. The molecule has 0 N–H and O–H groups in total. The van der Waals surface area contributed by atoms with Crippen LogP contribution in [0.3, 0.4) is 0 Å². The van der Waals surface area contributed by atoms with E-state index in [1.807, 2.05) is 24.5 Å². The maximum atomic E-state index is 6.12. The van der Waals surface area contributed by atoms with Gasteiger partial charge in [0.05, 0.1) is 22.8 Å². The Kier molecular flexibility index (Phi) is 3.50. The third kappa shape index (κ3) is 2.37. The van der Waals surface area contributed by atoms with Crippen molar-refractivity contribution < 1.29 is 0 Å². The first kappa shape index (κ1) is 12.9. The maximum absolute atomic E-state index is 6.12. The zero-order valence-electron chi connectivity index (χ0n) is 11.5. The Labute approximate surface area is 119 Å². The van der Waals surface area contributed by atoms with Crippen LogP contribution < -0.4 is 0 Å². The van der Waals surface area contributed by atoms with Crippen LogP contribution in [0.2, 0.25) is 5.02 Å². The van der Waals surface area contributed by atoms with Crippen LogP contribution in [-0.2, 0) is 0 Å². The zero-order chi connectivity index (χ0) is 13.4. The van der Waals surface area contributed by atoms with Gasteiger partial charge < -0.3 is 4.40 Å². The SMILES string of the molecule is CC(C)N1CCCCC1c1ncc2ccc(Cl)cn12. The fraction of sp³-hybridized carbons (Fsp3) is 0.533. The van der Waals surface area contributed by atoms with E-state index in [0.29, 0.717) is 12.1 Å². The molecule has 0 saturated carbocycles. The number of pyridine rings is 1. The summed E-state index contributed by atoms with van der Waals surface area (Å²) in [6.07, 6.45) is 7.68. The molecule has 3 nitrogen and oxygen atoms in total. The summed E-state index contributed by atoms with van der Waals surface area (Å²) in [4.78, 5) is 7.21. The molecule has 102 valence electrons. The zero-order valence-corrected chi connectivity index (χ0v) is 12.3. The minimum atomic E-state index is 0.412. The van der Waals surface area contributed by atoms with Gasteiger partial charge in [0.15, 0.2) is 0 Å². The molecule has 0 aromatic carbocycles. The van der Waals surface area contributed by atoms with E-state index in [0.717, 1.165) is 22.9 Å². The standard InChI is InChI=1S/C15H20ClN3/c1-11(2)18-8-4-3-5-14(18)15-17-9-13-7-6-12(16)10-19(13)15/h6-7,9-11,14H,3-5,8H2,1-2H3. The van der Waals surface area contributed by atoms with Gasteiger partial charge in [-0.15, -0.1) is 0 Å². The van der Waals surface area contributed by atoms with E-state index in [-0.39, 0.29) is 0 Å². The average molecular weight is 278 g/mol. The van der Waals surface area contributed by atoms with Crippen LogP contribution in [0.25, 0.3) is 5.52 Å². The van der Waals surface area contributed by atoms with Gasteiger partial charge in [-0.05, 0) is 45.4 Å². The van der Waals surface area contributed by atoms with Crippen molar-refractivity contribution in [3.8, 4) is 0 Å². The number of fused-ring (bicyclic) bond motifs is 1. The Morgan fingerprint density at radius 3 is 2.95 bits per heavy atom. The van der Waals surface area contributed by atoms with Crippen molar-refractivity contribution >= 4 is 17.1 Å². The molecule has 1 aliphatic rings. The van der Waals surface area contributed by atoms with Crippen LogP contribution in [-0.4, -0.2) is 26.9 Å². The highest BCUT2D eigenvalue weighted by atomic mass is 35.5. The van der Waals surface area contributed by atoms with Gasteiger partial charge in [-0.2, -0.15) is 0 Å². The predicted molar refractivity (Wildman–Crippen MR) is 78.6 cm³/mol. The molecule has 4 heteroatoms. The van der Waals surface area contributed by atoms with Gasteiger partial charge in [-0.3, -0.25) is 4.90 Å². The molecule has 0 spiro atoms. The van der Waals surface area contributed by atoms with Crippen LogP contribution in [0, 0.1) is 0 Å². The summed E-state index contributed by atoms with van der Waals surface area (Å²) in [6.45, 7) is 5.69. The number of hydrogen-bond donors (Lipinski definition) is 0. The maximum Gasteiger partial charge on any atom is 0.130 e. The number of imidazole rings is 1. The van der Waals surface area contributed by atoms with Gasteiger partial charge in [0, 0.05) is 12.2 Å². The molecule has 1 fully saturated rings. The van der Waals surface area contributed by atoms with E-state index < -0.39 is 0 Å². The summed E-state index contributed by atoms with van der Waals surface area (Å²) in [5.74, 6) is 1.13. The van der Waals surface area contributed by atoms with Crippen molar-refractivity contribution in [2.24, 2.45) is 0 Å². The van der Waals surface area contributed by atoms with Gasteiger partial charge in [-0.1, -0.05) is 18.0 Å². The van der Waals surface area contributed by atoms with Crippen LogP contribution in [0.5, 0.6) is 0 Å². The molecule has 0 bridgehead atoms. The summed E-state index contributed by atoms with van der Waals surface area (Å²) < 4.78 is 2.15. The third-order valence-electron chi connectivity index (χ3n) is 4.03. The number of rotatable bonds is 2. The van der Waals surface area contributed by atoms with E-state index in [9.17, 15) is 0 Å². The summed E-state index contributed by atoms with van der Waals surface area (Å²) in [5.41, 5.74) is 1.12. The van der Waals surface area contributed by atoms with E-state index in [1.54, 1.807) is 0 Å². The van der Waals surface area contributed by atoms with Crippen LogP contribution in [0.1, 0.15) is 45.0 Å². The van der Waals surface area contributed by atoms with Crippen LogP contribution >= 0.6 is 11.6 Å². The van der Waals surface area contributed by atoms with E-state index >= 15 is 0 Å². The lowest BCUT2D eigenvalue weighted by atomic mass is 10.00. The fourth-order valence-corrected chi connectivity index (χ4v) is 3.24. The van der Waals surface area contributed by atoms with Crippen molar-refractivity contribution in [1.29, 1.82) is 0 Å². The first-order valence-electron chi connectivity index (χ1n) is 7.05. The van der Waals surface area contributed by atoms with Gasteiger partial charge in [0.25, 0.3) is 0 Å². The second-order valence-corrected chi connectivity index (χ2v) is 6.04. The first-order valence-corrected chi connectivity index (χ1v) is 7.43. The number of piperidine rings is 1. The van der Waals surface area contributed by atoms with Crippen molar-refractivity contribution in [2.75, 3.05) is 6.54 Å². The molecule has 19 heavy (non-hydrogen) atoms. The summed E-state index contributed by atoms with van der Waals surface area (Å²) >= 11 is 6.12. The lowest BCUT2D eigenvalue weighted by Gasteiger charge is -2.37. The third-order valence-corrected chi connectivity index (χ3v) is 4.25. The lowest BCUT2D eigenvalue weighted by molar-refractivity contribution is 0.106. The molecule has 0 aliphatic carbocycles.